The van der Waals surface area contributed by atoms with Crippen molar-refractivity contribution < 1.29 is 12.8 Å². The van der Waals surface area contributed by atoms with Crippen LogP contribution in [0.25, 0.3) is 11.1 Å². The average molecular weight is 299 g/mol. The fourth-order valence-corrected chi connectivity index (χ4v) is 2.78. The second-order valence-corrected chi connectivity index (χ2v) is 7.02. The molecule has 0 spiro atoms. The van der Waals surface area contributed by atoms with E-state index in [1.54, 1.807) is 12.1 Å². The van der Waals surface area contributed by atoms with Crippen LogP contribution in [0.3, 0.4) is 0 Å². The summed E-state index contributed by atoms with van der Waals surface area (Å²) in [5.41, 5.74) is 2.83. The van der Waals surface area contributed by atoms with E-state index in [0.717, 1.165) is 23.3 Å². The number of aryl methyl sites for hydroxylation is 2. The first-order chi connectivity index (χ1) is 8.77. The van der Waals surface area contributed by atoms with E-state index in [-0.39, 0.29) is 10.5 Å². The number of benzene rings is 2. The SMILES string of the molecule is Cc1cc(C)cc(-c2cc(S(=O)(=O)Cl)ccc2F)c1. The molecule has 0 N–H and O–H groups in total. The zero-order chi connectivity index (χ0) is 14.2. The van der Waals surface area contributed by atoms with Gasteiger partial charge in [-0.3, -0.25) is 0 Å². The van der Waals surface area contributed by atoms with Crippen LogP contribution in [0.4, 0.5) is 4.39 Å². The summed E-state index contributed by atoms with van der Waals surface area (Å²) in [5.74, 6) is -0.478. The van der Waals surface area contributed by atoms with E-state index in [0.29, 0.717) is 5.56 Å². The van der Waals surface area contributed by atoms with Crippen molar-refractivity contribution in [3.05, 3.63) is 53.3 Å². The third-order valence-electron chi connectivity index (χ3n) is 2.75. The highest BCUT2D eigenvalue weighted by molar-refractivity contribution is 8.13. The van der Waals surface area contributed by atoms with E-state index < -0.39 is 14.9 Å². The smallest absolute Gasteiger partial charge is 0.207 e. The molecule has 5 heteroatoms. The van der Waals surface area contributed by atoms with Gasteiger partial charge in [-0.05, 0) is 37.6 Å². The fraction of sp³-hybridized carbons (Fsp3) is 0.143. The third kappa shape index (κ3) is 3.14. The van der Waals surface area contributed by atoms with Crippen molar-refractivity contribution >= 4 is 19.7 Å². The summed E-state index contributed by atoms with van der Waals surface area (Å²) in [5, 5.41) is 0. The summed E-state index contributed by atoms with van der Waals surface area (Å²) < 4.78 is 36.5. The molecule has 19 heavy (non-hydrogen) atoms. The predicted octanol–water partition coefficient (Wildman–Crippen LogP) is 4.04. The summed E-state index contributed by atoms with van der Waals surface area (Å²) in [6.07, 6.45) is 0. The summed E-state index contributed by atoms with van der Waals surface area (Å²) in [4.78, 5) is -0.107. The molecular formula is C14H12ClFO2S. The molecule has 0 amide bonds. The van der Waals surface area contributed by atoms with E-state index in [9.17, 15) is 12.8 Å². The van der Waals surface area contributed by atoms with E-state index in [1.165, 1.54) is 6.07 Å². The minimum Gasteiger partial charge on any atom is -0.207 e. The molecule has 0 atom stereocenters. The summed E-state index contributed by atoms with van der Waals surface area (Å²) in [7, 11) is 1.42. The molecule has 0 aliphatic rings. The molecule has 2 aromatic rings. The maximum atomic E-state index is 13.9. The minimum absolute atomic E-state index is 0.107. The summed E-state index contributed by atoms with van der Waals surface area (Å²) in [6, 6.07) is 9.09. The molecule has 2 nitrogen and oxygen atoms in total. The van der Waals surface area contributed by atoms with Gasteiger partial charge in [0.1, 0.15) is 5.82 Å². The lowest BCUT2D eigenvalue weighted by atomic mass is 10.0. The van der Waals surface area contributed by atoms with Gasteiger partial charge < -0.3 is 0 Å². The van der Waals surface area contributed by atoms with Crippen molar-refractivity contribution in [3.63, 3.8) is 0 Å². The maximum absolute atomic E-state index is 13.9. The normalized spacial score (nSPS) is 11.6. The number of hydrogen-bond acceptors (Lipinski definition) is 2. The second kappa shape index (κ2) is 4.94. The van der Waals surface area contributed by atoms with Crippen LogP contribution < -0.4 is 0 Å². The Labute approximate surface area is 116 Å². The van der Waals surface area contributed by atoms with Crippen LogP contribution >= 0.6 is 10.7 Å². The van der Waals surface area contributed by atoms with Crippen molar-refractivity contribution in [2.45, 2.75) is 18.7 Å². The van der Waals surface area contributed by atoms with Crippen molar-refractivity contribution in [2.24, 2.45) is 0 Å². The van der Waals surface area contributed by atoms with Crippen molar-refractivity contribution in [2.75, 3.05) is 0 Å². The van der Waals surface area contributed by atoms with Crippen LogP contribution in [-0.2, 0) is 9.05 Å². The monoisotopic (exact) mass is 298 g/mol. The van der Waals surface area contributed by atoms with Crippen molar-refractivity contribution in [1.82, 2.24) is 0 Å². The summed E-state index contributed by atoms with van der Waals surface area (Å²) in [6.45, 7) is 3.80. The molecule has 0 saturated carbocycles. The first-order valence-corrected chi connectivity index (χ1v) is 7.91. The first kappa shape index (κ1) is 14.0. The molecule has 0 saturated heterocycles. The van der Waals surface area contributed by atoms with Gasteiger partial charge in [-0.1, -0.05) is 29.3 Å². The van der Waals surface area contributed by atoms with Crippen LogP contribution in [0, 0.1) is 19.7 Å². The highest BCUT2D eigenvalue weighted by Crippen LogP contribution is 2.28. The molecule has 0 aliphatic heterocycles. The number of halogens is 2. The van der Waals surface area contributed by atoms with Gasteiger partial charge in [0.2, 0.25) is 0 Å². The highest BCUT2D eigenvalue weighted by atomic mass is 35.7. The topological polar surface area (TPSA) is 34.1 Å². The van der Waals surface area contributed by atoms with Gasteiger partial charge in [0.25, 0.3) is 9.05 Å². The standard InChI is InChI=1S/C14H12ClFO2S/c1-9-5-10(2)7-11(6-9)13-8-12(19(15,17)18)3-4-14(13)16/h3-8H,1-2H3. The van der Waals surface area contributed by atoms with E-state index in [4.69, 9.17) is 10.7 Å². The molecule has 0 radical (unpaired) electrons. The Bertz CT molecular complexity index is 719. The van der Waals surface area contributed by atoms with Gasteiger partial charge >= 0.3 is 0 Å². The molecular weight excluding hydrogens is 287 g/mol. The lowest BCUT2D eigenvalue weighted by Crippen LogP contribution is -1.94. The molecule has 100 valence electrons. The Morgan fingerprint density at radius 2 is 1.58 bits per heavy atom. The molecule has 0 fully saturated rings. The van der Waals surface area contributed by atoms with Gasteiger partial charge in [-0.2, -0.15) is 0 Å². The van der Waals surface area contributed by atoms with Gasteiger partial charge in [0.15, 0.2) is 0 Å². The minimum atomic E-state index is -3.86. The molecule has 0 aliphatic carbocycles. The lowest BCUT2D eigenvalue weighted by Gasteiger charge is -2.08. The summed E-state index contributed by atoms with van der Waals surface area (Å²) >= 11 is 0. The van der Waals surface area contributed by atoms with Gasteiger partial charge in [0, 0.05) is 16.2 Å². The largest absolute Gasteiger partial charge is 0.261 e. The van der Waals surface area contributed by atoms with Crippen molar-refractivity contribution in [1.29, 1.82) is 0 Å². The Morgan fingerprint density at radius 1 is 1.00 bits per heavy atom. The first-order valence-electron chi connectivity index (χ1n) is 5.60. The van der Waals surface area contributed by atoms with Crippen LogP contribution in [0.5, 0.6) is 0 Å². The zero-order valence-corrected chi connectivity index (χ0v) is 12.0. The Morgan fingerprint density at radius 3 is 2.11 bits per heavy atom. The zero-order valence-electron chi connectivity index (χ0n) is 10.4. The molecule has 0 heterocycles. The fourth-order valence-electron chi connectivity index (χ4n) is 2.01. The van der Waals surface area contributed by atoms with Gasteiger partial charge in [-0.15, -0.1) is 0 Å². The Balaban J connectivity index is 2.68. The van der Waals surface area contributed by atoms with Gasteiger partial charge in [0.05, 0.1) is 4.90 Å². The Hall–Kier alpha value is -1.39. The molecule has 2 rings (SSSR count). The van der Waals surface area contributed by atoms with Gasteiger partial charge in [-0.25, -0.2) is 12.8 Å². The predicted molar refractivity (Wildman–Crippen MR) is 74.3 cm³/mol. The maximum Gasteiger partial charge on any atom is 0.261 e. The van der Waals surface area contributed by atoms with E-state index in [2.05, 4.69) is 0 Å². The second-order valence-electron chi connectivity index (χ2n) is 4.46. The molecule has 0 unspecified atom stereocenters. The quantitative estimate of drug-likeness (QED) is 0.784. The number of hydrogen-bond donors (Lipinski definition) is 0. The number of rotatable bonds is 2. The van der Waals surface area contributed by atoms with E-state index >= 15 is 0 Å². The van der Waals surface area contributed by atoms with Crippen LogP contribution in [-0.4, -0.2) is 8.42 Å². The van der Waals surface area contributed by atoms with Crippen LogP contribution in [0.15, 0.2) is 41.3 Å². The highest BCUT2D eigenvalue weighted by Gasteiger charge is 2.14. The van der Waals surface area contributed by atoms with E-state index in [1.807, 2.05) is 19.9 Å². The average Bonchev–Trinajstić information content (AvgIpc) is 2.26. The van der Waals surface area contributed by atoms with Crippen LogP contribution in [0.1, 0.15) is 11.1 Å². The lowest BCUT2D eigenvalue weighted by molar-refractivity contribution is 0.608. The Kier molecular flexibility index (Phi) is 3.65. The molecule has 0 aromatic heterocycles. The molecule has 2 aromatic carbocycles. The third-order valence-corrected chi connectivity index (χ3v) is 4.10. The molecule has 0 bridgehead atoms. The van der Waals surface area contributed by atoms with Crippen molar-refractivity contribution in [3.8, 4) is 11.1 Å². The van der Waals surface area contributed by atoms with Crippen LogP contribution in [0.2, 0.25) is 0 Å².